The van der Waals surface area contributed by atoms with E-state index in [1.54, 1.807) is 0 Å². The van der Waals surface area contributed by atoms with Crippen molar-refractivity contribution in [1.82, 2.24) is 9.78 Å². The third-order valence-electron chi connectivity index (χ3n) is 4.09. The van der Waals surface area contributed by atoms with E-state index in [4.69, 9.17) is 0 Å². The summed E-state index contributed by atoms with van der Waals surface area (Å²) in [7, 11) is 0. The van der Waals surface area contributed by atoms with Crippen molar-refractivity contribution in [3.63, 3.8) is 0 Å². The largest absolute Gasteiger partial charge is 0.388 e. The number of hydrogen-bond donors (Lipinski definition) is 1. The summed E-state index contributed by atoms with van der Waals surface area (Å²) in [6.07, 6.45) is 3.74. The van der Waals surface area contributed by atoms with E-state index in [-0.39, 0.29) is 6.10 Å². The lowest BCUT2D eigenvalue weighted by molar-refractivity contribution is 0.172. The summed E-state index contributed by atoms with van der Waals surface area (Å²) < 4.78 is 2.05. The number of hydrogen-bond acceptors (Lipinski definition) is 2. The van der Waals surface area contributed by atoms with Gasteiger partial charge >= 0.3 is 0 Å². The summed E-state index contributed by atoms with van der Waals surface area (Å²) in [6.45, 7) is 6.98. The topological polar surface area (TPSA) is 38.1 Å². The number of aromatic nitrogens is 2. The van der Waals surface area contributed by atoms with Crippen molar-refractivity contribution >= 4 is 0 Å². The number of aryl methyl sites for hydroxylation is 3. The average molecular weight is 286 g/mol. The Hall–Kier alpha value is -1.61. The van der Waals surface area contributed by atoms with Crippen LogP contribution in [0.2, 0.25) is 0 Å². The number of unbranched alkanes of at least 4 members (excludes halogenated alkanes) is 1. The zero-order valence-electron chi connectivity index (χ0n) is 13.3. The normalized spacial score (nSPS) is 12.6. The lowest BCUT2D eigenvalue weighted by atomic mass is 10.1. The number of aliphatic hydroxyl groups is 1. The van der Waals surface area contributed by atoms with Crippen molar-refractivity contribution in [3.8, 4) is 0 Å². The molecule has 21 heavy (non-hydrogen) atoms. The molecule has 1 aromatic carbocycles. The molecule has 114 valence electrons. The van der Waals surface area contributed by atoms with Gasteiger partial charge in [-0.05, 0) is 45.1 Å². The van der Waals surface area contributed by atoms with E-state index in [0.29, 0.717) is 0 Å². The quantitative estimate of drug-likeness (QED) is 0.782. The van der Waals surface area contributed by atoms with Gasteiger partial charge in [-0.15, -0.1) is 0 Å². The fourth-order valence-electron chi connectivity index (χ4n) is 2.85. The molecule has 0 fully saturated rings. The summed E-state index contributed by atoms with van der Waals surface area (Å²) >= 11 is 0. The molecule has 0 aliphatic rings. The standard InChI is InChI=1S/C18H26N2O/c1-4-17(21)18-14(2)19-20(15(18)3)13-9-8-12-16-10-6-5-7-11-16/h5-7,10-11,17,21H,4,8-9,12-13H2,1-3H3. The van der Waals surface area contributed by atoms with Gasteiger partial charge in [0.15, 0.2) is 0 Å². The molecule has 0 aliphatic carbocycles. The molecule has 2 aromatic rings. The van der Waals surface area contributed by atoms with Crippen molar-refractivity contribution in [1.29, 1.82) is 0 Å². The Bertz CT molecular complexity index is 560. The molecule has 0 spiro atoms. The molecular formula is C18H26N2O. The first-order chi connectivity index (χ1) is 10.1. The maximum Gasteiger partial charge on any atom is 0.0823 e. The molecule has 0 aliphatic heterocycles. The SMILES string of the molecule is CCC(O)c1c(C)nn(CCCCc2ccccc2)c1C. The molecule has 1 atom stereocenters. The summed E-state index contributed by atoms with van der Waals surface area (Å²) in [6, 6.07) is 10.6. The Balaban J connectivity index is 1.89. The molecule has 0 saturated carbocycles. The van der Waals surface area contributed by atoms with Crippen molar-refractivity contribution in [2.24, 2.45) is 0 Å². The molecule has 3 heteroatoms. The van der Waals surface area contributed by atoms with Crippen LogP contribution in [0.15, 0.2) is 30.3 Å². The van der Waals surface area contributed by atoms with Crippen LogP contribution < -0.4 is 0 Å². The Morgan fingerprint density at radius 2 is 1.86 bits per heavy atom. The highest BCUT2D eigenvalue weighted by atomic mass is 16.3. The fourth-order valence-corrected chi connectivity index (χ4v) is 2.85. The summed E-state index contributed by atoms with van der Waals surface area (Å²) in [5.41, 5.74) is 4.49. The van der Waals surface area contributed by atoms with E-state index in [1.807, 2.05) is 13.8 Å². The minimum Gasteiger partial charge on any atom is -0.388 e. The second-order valence-corrected chi connectivity index (χ2v) is 5.67. The van der Waals surface area contributed by atoms with Crippen LogP contribution in [0, 0.1) is 13.8 Å². The maximum absolute atomic E-state index is 10.1. The minimum atomic E-state index is -0.386. The lowest BCUT2D eigenvalue weighted by Gasteiger charge is -2.09. The van der Waals surface area contributed by atoms with Crippen LogP contribution in [0.25, 0.3) is 0 Å². The lowest BCUT2D eigenvalue weighted by Crippen LogP contribution is -2.04. The molecule has 1 unspecified atom stereocenters. The molecule has 2 rings (SSSR count). The van der Waals surface area contributed by atoms with Crippen molar-refractivity contribution in [3.05, 3.63) is 52.8 Å². The highest BCUT2D eigenvalue weighted by Crippen LogP contribution is 2.24. The van der Waals surface area contributed by atoms with E-state index in [9.17, 15) is 5.11 Å². The van der Waals surface area contributed by atoms with Gasteiger partial charge in [0, 0.05) is 17.8 Å². The van der Waals surface area contributed by atoms with Crippen LogP contribution in [-0.4, -0.2) is 14.9 Å². The van der Waals surface area contributed by atoms with Crippen molar-refractivity contribution in [2.75, 3.05) is 0 Å². The first-order valence-corrected chi connectivity index (χ1v) is 7.89. The Morgan fingerprint density at radius 3 is 2.52 bits per heavy atom. The number of rotatable bonds is 7. The van der Waals surface area contributed by atoms with Gasteiger partial charge in [0.25, 0.3) is 0 Å². The van der Waals surface area contributed by atoms with Crippen molar-refractivity contribution < 1.29 is 5.11 Å². The second kappa shape index (κ2) is 7.41. The molecule has 0 bridgehead atoms. The number of nitrogens with zero attached hydrogens (tertiary/aromatic N) is 2. The van der Waals surface area contributed by atoms with E-state index in [0.717, 1.165) is 49.2 Å². The molecule has 1 heterocycles. The maximum atomic E-state index is 10.1. The van der Waals surface area contributed by atoms with Crippen LogP contribution in [0.4, 0.5) is 0 Å². The Labute approximate surface area is 127 Å². The molecule has 3 nitrogen and oxygen atoms in total. The van der Waals surface area contributed by atoms with Crippen LogP contribution in [0.1, 0.15) is 54.8 Å². The summed E-state index contributed by atoms with van der Waals surface area (Å²) in [4.78, 5) is 0. The monoisotopic (exact) mass is 286 g/mol. The van der Waals surface area contributed by atoms with Crippen LogP contribution in [0.5, 0.6) is 0 Å². The van der Waals surface area contributed by atoms with E-state index < -0.39 is 0 Å². The van der Waals surface area contributed by atoms with Gasteiger partial charge in [0.2, 0.25) is 0 Å². The van der Waals surface area contributed by atoms with Gasteiger partial charge < -0.3 is 5.11 Å². The van der Waals surface area contributed by atoms with Gasteiger partial charge in [-0.3, -0.25) is 4.68 Å². The van der Waals surface area contributed by atoms with Gasteiger partial charge in [-0.1, -0.05) is 37.3 Å². The summed E-state index contributed by atoms with van der Waals surface area (Å²) in [5.74, 6) is 0. The highest BCUT2D eigenvalue weighted by Gasteiger charge is 2.17. The van der Waals surface area contributed by atoms with Crippen LogP contribution in [-0.2, 0) is 13.0 Å². The molecule has 0 radical (unpaired) electrons. The van der Waals surface area contributed by atoms with Crippen molar-refractivity contribution in [2.45, 2.75) is 59.1 Å². The van der Waals surface area contributed by atoms with Crippen LogP contribution in [0.3, 0.4) is 0 Å². The minimum absolute atomic E-state index is 0.386. The second-order valence-electron chi connectivity index (χ2n) is 5.67. The number of aliphatic hydroxyl groups excluding tert-OH is 1. The predicted octanol–water partition coefficient (Wildman–Crippen LogP) is 3.97. The smallest absolute Gasteiger partial charge is 0.0823 e. The fraction of sp³-hybridized carbons (Fsp3) is 0.500. The average Bonchev–Trinajstić information content (AvgIpc) is 2.78. The van der Waals surface area contributed by atoms with E-state index in [2.05, 4.69) is 47.0 Å². The van der Waals surface area contributed by atoms with E-state index in [1.165, 1.54) is 5.56 Å². The highest BCUT2D eigenvalue weighted by molar-refractivity contribution is 5.26. The molecular weight excluding hydrogens is 260 g/mol. The first kappa shape index (κ1) is 15.8. The Kier molecular flexibility index (Phi) is 5.57. The first-order valence-electron chi connectivity index (χ1n) is 7.89. The predicted molar refractivity (Wildman–Crippen MR) is 86.3 cm³/mol. The third-order valence-corrected chi connectivity index (χ3v) is 4.09. The zero-order valence-corrected chi connectivity index (χ0v) is 13.3. The summed E-state index contributed by atoms with van der Waals surface area (Å²) in [5, 5.41) is 14.7. The van der Waals surface area contributed by atoms with Gasteiger partial charge in [0.1, 0.15) is 0 Å². The van der Waals surface area contributed by atoms with Gasteiger partial charge in [-0.25, -0.2) is 0 Å². The molecule has 0 amide bonds. The number of benzene rings is 1. The van der Waals surface area contributed by atoms with Gasteiger partial charge in [0.05, 0.1) is 11.8 Å². The Morgan fingerprint density at radius 1 is 1.14 bits per heavy atom. The van der Waals surface area contributed by atoms with E-state index >= 15 is 0 Å². The van der Waals surface area contributed by atoms with Crippen LogP contribution >= 0.6 is 0 Å². The molecule has 1 aromatic heterocycles. The zero-order chi connectivity index (χ0) is 15.2. The van der Waals surface area contributed by atoms with Gasteiger partial charge in [-0.2, -0.15) is 5.10 Å². The molecule has 1 N–H and O–H groups in total. The molecule has 0 saturated heterocycles. The third kappa shape index (κ3) is 3.94.